The lowest BCUT2D eigenvalue weighted by Gasteiger charge is -2.05. The fourth-order valence-electron chi connectivity index (χ4n) is 1.48. The first-order valence-corrected chi connectivity index (χ1v) is 6.66. The van der Waals surface area contributed by atoms with E-state index in [1.54, 1.807) is 6.92 Å². The monoisotopic (exact) mass is 285 g/mol. The minimum Gasteiger partial charge on any atom is -0.475 e. The fourth-order valence-corrected chi connectivity index (χ4v) is 2.74. The molecule has 2 rings (SSSR count). The predicted octanol–water partition coefficient (Wildman–Crippen LogP) is 1.12. The number of aromatic nitrogens is 2. The highest BCUT2D eigenvalue weighted by Gasteiger charge is 2.24. The van der Waals surface area contributed by atoms with Crippen LogP contribution in [0, 0.1) is 13.8 Å². The first-order chi connectivity index (χ1) is 8.81. The van der Waals surface area contributed by atoms with Crippen LogP contribution in [0.15, 0.2) is 21.6 Å². The molecule has 102 valence electrons. The summed E-state index contributed by atoms with van der Waals surface area (Å²) in [5, 5.41) is 14.9. The first-order valence-electron chi connectivity index (χ1n) is 5.18. The van der Waals surface area contributed by atoms with Gasteiger partial charge in [0.2, 0.25) is 5.76 Å². The summed E-state index contributed by atoms with van der Waals surface area (Å²) in [6, 6.07) is 0.964. The van der Waals surface area contributed by atoms with E-state index in [1.165, 1.54) is 13.1 Å². The highest BCUT2D eigenvalue weighted by Crippen LogP contribution is 2.23. The lowest BCUT2D eigenvalue weighted by Crippen LogP contribution is -2.14. The molecule has 0 aliphatic rings. The molecular weight excluding hydrogens is 274 g/mol. The van der Waals surface area contributed by atoms with Crippen LogP contribution in [0.1, 0.15) is 21.9 Å². The molecule has 0 radical (unpaired) electrons. The third kappa shape index (κ3) is 2.45. The molecule has 0 saturated heterocycles. The predicted molar refractivity (Wildman–Crippen MR) is 64.5 cm³/mol. The van der Waals surface area contributed by atoms with Crippen molar-refractivity contribution >= 4 is 21.8 Å². The average molecular weight is 285 g/mol. The molecule has 0 fully saturated rings. The van der Waals surface area contributed by atoms with Crippen molar-refractivity contribution in [2.45, 2.75) is 18.7 Å². The summed E-state index contributed by atoms with van der Waals surface area (Å²) >= 11 is 0. The van der Waals surface area contributed by atoms with Crippen LogP contribution in [0.5, 0.6) is 0 Å². The molecule has 0 unspecified atom stereocenters. The summed E-state index contributed by atoms with van der Waals surface area (Å²) in [5.41, 5.74) is 0.614. The largest absolute Gasteiger partial charge is 0.475 e. The van der Waals surface area contributed by atoms with Crippen molar-refractivity contribution in [2.75, 3.05) is 4.72 Å². The molecule has 19 heavy (non-hydrogen) atoms. The van der Waals surface area contributed by atoms with Crippen LogP contribution in [0.4, 0.5) is 5.82 Å². The SMILES string of the molecule is Cc1cn[nH]c1NS(=O)(=O)c1cc(C(=O)O)oc1C. The van der Waals surface area contributed by atoms with Gasteiger partial charge in [-0.25, -0.2) is 13.2 Å². The van der Waals surface area contributed by atoms with E-state index in [0.29, 0.717) is 5.56 Å². The quantitative estimate of drug-likeness (QED) is 0.772. The Hall–Kier alpha value is -2.29. The van der Waals surface area contributed by atoms with Gasteiger partial charge in [-0.1, -0.05) is 0 Å². The minimum absolute atomic E-state index is 0.00192. The Morgan fingerprint density at radius 3 is 2.63 bits per heavy atom. The van der Waals surface area contributed by atoms with Crippen LogP contribution in [-0.4, -0.2) is 29.7 Å². The van der Waals surface area contributed by atoms with Gasteiger partial charge in [-0.05, 0) is 13.8 Å². The van der Waals surface area contributed by atoms with Crippen molar-refractivity contribution < 1.29 is 22.7 Å². The van der Waals surface area contributed by atoms with Crippen molar-refractivity contribution in [2.24, 2.45) is 0 Å². The minimum atomic E-state index is -3.93. The highest BCUT2D eigenvalue weighted by atomic mass is 32.2. The molecule has 2 heterocycles. The van der Waals surface area contributed by atoms with Crippen LogP contribution < -0.4 is 4.72 Å². The number of nitrogens with one attached hydrogen (secondary N) is 2. The van der Waals surface area contributed by atoms with Crippen LogP contribution in [0.3, 0.4) is 0 Å². The number of furan rings is 1. The number of anilines is 1. The van der Waals surface area contributed by atoms with Gasteiger partial charge in [0.25, 0.3) is 10.0 Å². The Balaban J connectivity index is 2.40. The summed E-state index contributed by atoms with van der Waals surface area (Å²) in [4.78, 5) is 10.5. The molecule has 0 spiro atoms. The van der Waals surface area contributed by atoms with E-state index in [2.05, 4.69) is 14.9 Å². The zero-order valence-electron chi connectivity index (χ0n) is 10.1. The van der Waals surface area contributed by atoms with Crippen LogP contribution in [0.25, 0.3) is 0 Å². The number of carboxylic acid groups (broad SMARTS) is 1. The number of aromatic carboxylic acids is 1. The Labute approximate surface area is 108 Å². The van der Waals surface area contributed by atoms with Crippen LogP contribution >= 0.6 is 0 Å². The third-order valence-corrected chi connectivity index (χ3v) is 3.90. The maximum absolute atomic E-state index is 12.1. The summed E-state index contributed by atoms with van der Waals surface area (Å²) < 4.78 is 31.3. The van der Waals surface area contributed by atoms with Gasteiger partial charge >= 0.3 is 5.97 Å². The maximum atomic E-state index is 12.1. The van der Waals surface area contributed by atoms with Gasteiger partial charge in [0, 0.05) is 11.6 Å². The van der Waals surface area contributed by atoms with E-state index in [9.17, 15) is 13.2 Å². The van der Waals surface area contributed by atoms with E-state index in [0.717, 1.165) is 6.07 Å². The Morgan fingerprint density at radius 1 is 1.47 bits per heavy atom. The summed E-state index contributed by atoms with van der Waals surface area (Å²) in [6.45, 7) is 3.05. The van der Waals surface area contributed by atoms with Crippen LogP contribution in [-0.2, 0) is 10.0 Å². The van der Waals surface area contributed by atoms with Gasteiger partial charge < -0.3 is 9.52 Å². The second-order valence-corrected chi connectivity index (χ2v) is 5.52. The number of hydrogen-bond donors (Lipinski definition) is 3. The molecule has 9 heteroatoms. The van der Waals surface area contributed by atoms with E-state index in [4.69, 9.17) is 9.52 Å². The Kier molecular flexibility index (Phi) is 3.06. The second kappa shape index (κ2) is 4.43. The second-order valence-electron chi connectivity index (χ2n) is 3.87. The molecule has 0 aliphatic carbocycles. The molecule has 0 bridgehead atoms. The summed E-state index contributed by atoms with van der Waals surface area (Å²) in [6.07, 6.45) is 1.46. The van der Waals surface area contributed by atoms with Crippen molar-refractivity contribution in [3.8, 4) is 0 Å². The molecule has 2 aromatic heterocycles. The summed E-state index contributed by atoms with van der Waals surface area (Å²) in [5.74, 6) is -1.54. The van der Waals surface area contributed by atoms with Crippen molar-refractivity contribution in [1.29, 1.82) is 0 Å². The van der Waals surface area contributed by atoms with E-state index in [1.807, 2.05) is 0 Å². The fraction of sp³-hybridized carbons (Fsp3) is 0.200. The zero-order valence-corrected chi connectivity index (χ0v) is 10.9. The molecule has 0 aromatic carbocycles. The van der Waals surface area contributed by atoms with Gasteiger partial charge in [0.05, 0.1) is 6.20 Å². The van der Waals surface area contributed by atoms with Crippen LogP contribution in [0.2, 0.25) is 0 Å². The number of H-pyrrole nitrogens is 1. The Bertz CT molecular complexity index is 728. The molecule has 2 aromatic rings. The molecule has 0 saturated carbocycles. The van der Waals surface area contributed by atoms with Crippen molar-refractivity contribution in [1.82, 2.24) is 10.2 Å². The van der Waals surface area contributed by atoms with Gasteiger partial charge in [0.15, 0.2) is 0 Å². The number of carboxylic acids is 1. The standard InChI is InChI=1S/C10H11N3O5S/c1-5-4-11-12-9(5)13-19(16,17)8-3-7(10(14)15)18-6(8)2/h3-4H,1-2H3,(H,14,15)(H2,11,12,13). The smallest absolute Gasteiger partial charge is 0.371 e. The normalized spacial score (nSPS) is 11.5. The lowest BCUT2D eigenvalue weighted by atomic mass is 10.4. The maximum Gasteiger partial charge on any atom is 0.371 e. The molecule has 8 nitrogen and oxygen atoms in total. The van der Waals surface area contributed by atoms with E-state index < -0.39 is 21.8 Å². The number of hydrogen-bond acceptors (Lipinski definition) is 5. The van der Waals surface area contributed by atoms with E-state index in [-0.39, 0.29) is 16.5 Å². The van der Waals surface area contributed by atoms with Gasteiger partial charge in [-0.2, -0.15) is 5.10 Å². The number of aromatic amines is 1. The number of carbonyl (C=O) groups is 1. The third-order valence-electron chi connectivity index (χ3n) is 2.44. The van der Waals surface area contributed by atoms with Crippen molar-refractivity contribution in [3.05, 3.63) is 29.3 Å². The lowest BCUT2D eigenvalue weighted by molar-refractivity contribution is 0.0661. The zero-order chi connectivity index (χ0) is 14.2. The number of nitrogens with zero attached hydrogens (tertiary/aromatic N) is 1. The van der Waals surface area contributed by atoms with Gasteiger partial charge in [-0.3, -0.25) is 9.82 Å². The van der Waals surface area contributed by atoms with Gasteiger partial charge in [-0.15, -0.1) is 0 Å². The number of rotatable bonds is 4. The first kappa shape index (κ1) is 13.1. The number of aryl methyl sites for hydroxylation is 2. The molecular formula is C10H11N3O5S. The summed E-state index contributed by atoms with van der Waals surface area (Å²) in [7, 11) is -3.93. The van der Waals surface area contributed by atoms with E-state index >= 15 is 0 Å². The van der Waals surface area contributed by atoms with Gasteiger partial charge in [0.1, 0.15) is 16.5 Å². The average Bonchev–Trinajstić information content (AvgIpc) is 2.86. The Morgan fingerprint density at radius 2 is 2.16 bits per heavy atom. The topological polar surface area (TPSA) is 125 Å². The number of sulfonamides is 1. The molecule has 0 amide bonds. The molecule has 3 N–H and O–H groups in total. The van der Waals surface area contributed by atoms with Crippen molar-refractivity contribution in [3.63, 3.8) is 0 Å². The highest BCUT2D eigenvalue weighted by molar-refractivity contribution is 7.92. The molecule has 0 atom stereocenters. The molecule has 0 aliphatic heterocycles.